The zero-order valence-corrected chi connectivity index (χ0v) is 14.1. The summed E-state index contributed by atoms with van der Waals surface area (Å²) in [6, 6.07) is 5.44. The van der Waals surface area contributed by atoms with Crippen molar-refractivity contribution in [2.75, 3.05) is 26.9 Å². The molecule has 1 atom stereocenters. The van der Waals surface area contributed by atoms with Crippen LogP contribution in [0, 0.1) is 0 Å². The van der Waals surface area contributed by atoms with Gasteiger partial charge in [0.25, 0.3) is 5.91 Å². The zero-order valence-electron chi connectivity index (χ0n) is 14.1. The average Bonchev–Trinajstić information content (AvgIpc) is 3.10. The Labute approximate surface area is 138 Å². The molecule has 2 rings (SSSR count). The van der Waals surface area contributed by atoms with E-state index in [0.717, 1.165) is 50.2 Å². The van der Waals surface area contributed by atoms with Gasteiger partial charge in [0.15, 0.2) is 0 Å². The molecule has 0 aliphatic carbocycles. The summed E-state index contributed by atoms with van der Waals surface area (Å²) < 4.78 is 16.5. The molecule has 0 bridgehead atoms. The minimum absolute atomic E-state index is 0.0852. The van der Waals surface area contributed by atoms with Crippen LogP contribution in [0.4, 0.5) is 0 Å². The van der Waals surface area contributed by atoms with Crippen molar-refractivity contribution in [3.63, 3.8) is 0 Å². The minimum Gasteiger partial charge on any atom is -0.496 e. The SMILES string of the molecule is CCCCOCc1cc(C(=O)NC[C@@H]2CCCO2)ccc1OC. The van der Waals surface area contributed by atoms with E-state index in [0.29, 0.717) is 18.7 Å². The van der Waals surface area contributed by atoms with Gasteiger partial charge < -0.3 is 19.5 Å². The summed E-state index contributed by atoms with van der Waals surface area (Å²) in [6.07, 6.45) is 4.36. The van der Waals surface area contributed by atoms with Crippen LogP contribution in [0.2, 0.25) is 0 Å². The summed E-state index contributed by atoms with van der Waals surface area (Å²) in [5, 5.41) is 2.94. The third-order valence-corrected chi connectivity index (χ3v) is 3.96. The first-order valence-corrected chi connectivity index (χ1v) is 8.39. The molecule has 128 valence electrons. The second-order valence-electron chi connectivity index (χ2n) is 5.78. The number of amides is 1. The van der Waals surface area contributed by atoms with Crippen molar-refractivity contribution in [3.05, 3.63) is 29.3 Å². The molecule has 1 N–H and O–H groups in total. The molecule has 0 unspecified atom stereocenters. The number of ether oxygens (including phenoxy) is 3. The number of carbonyl (C=O) groups excluding carboxylic acids is 1. The Balaban J connectivity index is 1.93. The lowest BCUT2D eigenvalue weighted by atomic mass is 10.1. The first-order chi connectivity index (χ1) is 11.2. The molecule has 23 heavy (non-hydrogen) atoms. The predicted octanol–water partition coefficient (Wildman–Crippen LogP) is 2.92. The summed E-state index contributed by atoms with van der Waals surface area (Å²) in [5.41, 5.74) is 1.52. The maximum absolute atomic E-state index is 12.3. The van der Waals surface area contributed by atoms with E-state index >= 15 is 0 Å². The molecule has 1 fully saturated rings. The molecule has 5 heteroatoms. The second-order valence-corrected chi connectivity index (χ2v) is 5.78. The van der Waals surface area contributed by atoms with Crippen LogP contribution < -0.4 is 10.1 Å². The molecule has 1 amide bonds. The lowest BCUT2D eigenvalue weighted by Gasteiger charge is -2.13. The van der Waals surface area contributed by atoms with Crippen LogP contribution in [-0.4, -0.2) is 38.9 Å². The van der Waals surface area contributed by atoms with E-state index in [1.165, 1.54) is 0 Å². The molecule has 0 aromatic heterocycles. The molecule has 0 spiro atoms. The lowest BCUT2D eigenvalue weighted by Crippen LogP contribution is -2.31. The van der Waals surface area contributed by atoms with Crippen LogP contribution in [0.1, 0.15) is 48.5 Å². The van der Waals surface area contributed by atoms with E-state index in [2.05, 4.69) is 12.2 Å². The van der Waals surface area contributed by atoms with Crippen molar-refractivity contribution < 1.29 is 19.0 Å². The van der Waals surface area contributed by atoms with Gasteiger partial charge in [-0.1, -0.05) is 13.3 Å². The van der Waals surface area contributed by atoms with Crippen molar-refractivity contribution in [1.82, 2.24) is 5.32 Å². The van der Waals surface area contributed by atoms with Gasteiger partial charge in [-0.25, -0.2) is 0 Å². The number of nitrogens with one attached hydrogen (secondary N) is 1. The van der Waals surface area contributed by atoms with Crippen LogP contribution in [0.25, 0.3) is 0 Å². The number of unbranched alkanes of at least 4 members (excludes halogenated alkanes) is 1. The molecule has 1 aromatic rings. The van der Waals surface area contributed by atoms with Crippen LogP contribution in [-0.2, 0) is 16.1 Å². The highest BCUT2D eigenvalue weighted by molar-refractivity contribution is 5.94. The van der Waals surface area contributed by atoms with Crippen molar-refractivity contribution in [2.45, 2.75) is 45.3 Å². The highest BCUT2D eigenvalue weighted by atomic mass is 16.5. The number of methoxy groups -OCH3 is 1. The first-order valence-electron chi connectivity index (χ1n) is 8.39. The normalized spacial score (nSPS) is 17.2. The summed E-state index contributed by atoms with van der Waals surface area (Å²) >= 11 is 0. The van der Waals surface area contributed by atoms with Gasteiger partial charge in [-0.05, 0) is 37.5 Å². The van der Waals surface area contributed by atoms with Crippen LogP contribution in [0.5, 0.6) is 5.75 Å². The van der Waals surface area contributed by atoms with Crippen LogP contribution in [0.15, 0.2) is 18.2 Å². The summed E-state index contributed by atoms with van der Waals surface area (Å²) in [5.74, 6) is 0.662. The molecule has 0 saturated carbocycles. The minimum atomic E-state index is -0.0852. The lowest BCUT2D eigenvalue weighted by molar-refractivity contribution is 0.0857. The molecule has 1 aromatic carbocycles. The van der Waals surface area contributed by atoms with Gasteiger partial charge in [0.1, 0.15) is 5.75 Å². The van der Waals surface area contributed by atoms with E-state index in [9.17, 15) is 4.79 Å². The summed E-state index contributed by atoms with van der Waals surface area (Å²) in [4.78, 5) is 12.3. The zero-order chi connectivity index (χ0) is 16.5. The quantitative estimate of drug-likeness (QED) is 0.711. The Hall–Kier alpha value is -1.59. The highest BCUT2D eigenvalue weighted by Gasteiger charge is 2.17. The Bertz CT molecular complexity index is 498. The number of benzene rings is 1. The fourth-order valence-electron chi connectivity index (χ4n) is 2.58. The number of rotatable bonds is 9. The maximum Gasteiger partial charge on any atom is 0.251 e. The van der Waals surface area contributed by atoms with Gasteiger partial charge in [0.05, 0.1) is 19.8 Å². The van der Waals surface area contributed by atoms with Crippen LogP contribution >= 0.6 is 0 Å². The standard InChI is InChI=1S/C18H27NO4/c1-3-4-9-22-13-15-11-14(7-8-17(15)21-2)18(20)19-12-16-6-5-10-23-16/h7-8,11,16H,3-6,9-10,12-13H2,1-2H3,(H,19,20)/t16-/m0/s1. The average molecular weight is 321 g/mol. The molecule has 1 aliphatic heterocycles. The molecule has 0 radical (unpaired) electrons. The molecule has 1 saturated heterocycles. The van der Waals surface area contributed by atoms with Gasteiger partial charge in [0.2, 0.25) is 0 Å². The van der Waals surface area contributed by atoms with Gasteiger partial charge in [-0.15, -0.1) is 0 Å². The Kier molecular flexibility index (Phi) is 7.36. The van der Waals surface area contributed by atoms with E-state index in [4.69, 9.17) is 14.2 Å². The monoisotopic (exact) mass is 321 g/mol. The fraction of sp³-hybridized carbons (Fsp3) is 0.611. The van der Waals surface area contributed by atoms with Gasteiger partial charge in [0, 0.05) is 30.9 Å². The molecule has 1 heterocycles. The number of hydrogen-bond donors (Lipinski definition) is 1. The largest absolute Gasteiger partial charge is 0.496 e. The van der Waals surface area contributed by atoms with Crippen molar-refractivity contribution in [1.29, 1.82) is 0 Å². The summed E-state index contributed by atoms with van der Waals surface area (Å²) in [6.45, 7) is 4.66. The van der Waals surface area contributed by atoms with Gasteiger partial charge in [-0.2, -0.15) is 0 Å². The van der Waals surface area contributed by atoms with Crippen molar-refractivity contribution >= 4 is 5.91 Å². The van der Waals surface area contributed by atoms with Gasteiger partial charge >= 0.3 is 0 Å². The Morgan fingerprint density at radius 2 is 2.30 bits per heavy atom. The summed E-state index contributed by atoms with van der Waals surface area (Å²) in [7, 11) is 1.63. The number of carbonyl (C=O) groups is 1. The Morgan fingerprint density at radius 3 is 3.00 bits per heavy atom. The van der Waals surface area contributed by atoms with E-state index in [1.807, 2.05) is 12.1 Å². The molecule has 1 aliphatic rings. The van der Waals surface area contributed by atoms with Crippen molar-refractivity contribution in [2.24, 2.45) is 0 Å². The Morgan fingerprint density at radius 1 is 1.43 bits per heavy atom. The third-order valence-electron chi connectivity index (χ3n) is 3.96. The fourth-order valence-corrected chi connectivity index (χ4v) is 2.58. The second kappa shape index (κ2) is 9.53. The molecular weight excluding hydrogens is 294 g/mol. The highest BCUT2D eigenvalue weighted by Crippen LogP contribution is 2.21. The van der Waals surface area contributed by atoms with E-state index in [1.54, 1.807) is 13.2 Å². The molecular formula is C18H27NO4. The van der Waals surface area contributed by atoms with Crippen molar-refractivity contribution in [3.8, 4) is 5.75 Å². The first kappa shape index (κ1) is 17.8. The van der Waals surface area contributed by atoms with Crippen LogP contribution in [0.3, 0.4) is 0 Å². The van der Waals surface area contributed by atoms with E-state index in [-0.39, 0.29) is 12.0 Å². The molecule has 5 nitrogen and oxygen atoms in total. The topological polar surface area (TPSA) is 56.8 Å². The van der Waals surface area contributed by atoms with Gasteiger partial charge in [-0.3, -0.25) is 4.79 Å². The van der Waals surface area contributed by atoms with E-state index < -0.39 is 0 Å². The third kappa shape index (κ3) is 5.52. The predicted molar refractivity (Wildman–Crippen MR) is 88.9 cm³/mol. The maximum atomic E-state index is 12.3. The number of hydrogen-bond acceptors (Lipinski definition) is 4. The smallest absolute Gasteiger partial charge is 0.251 e.